The first-order chi connectivity index (χ1) is 16.9. The molecule has 3 aromatic rings. The first-order valence-electron chi connectivity index (χ1n) is 10.5. The van der Waals surface area contributed by atoms with E-state index in [0.717, 1.165) is 0 Å². The number of ether oxygens (including phenoxy) is 4. The van der Waals surface area contributed by atoms with Crippen LogP contribution in [0.2, 0.25) is 5.02 Å². The lowest BCUT2D eigenvalue weighted by molar-refractivity contribution is -0.128. The summed E-state index contributed by atoms with van der Waals surface area (Å²) in [7, 11) is 3.10. The zero-order valence-electron chi connectivity index (χ0n) is 18.9. The maximum atomic E-state index is 12.4. The van der Waals surface area contributed by atoms with Gasteiger partial charge in [-0.2, -0.15) is 5.26 Å². The van der Waals surface area contributed by atoms with Crippen LogP contribution in [-0.2, 0) is 4.79 Å². The zero-order valence-corrected chi connectivity index (χ0v) is 19.7. The first-order valence-corrected chi connectivity index (χ1v) is 10.9. The molecule has 176 valence electrons. The largest absolute Gasteiger partial charge is 0.497 e. The van der Waals surface area contributed by atoms with Crippen LogP contribution < -0.4 is 24.7 Å². The van der Waals surface area contributed by atoms with Crippen molar-refractivity contribution in [1.29, 1.82) is 5.26 Å². The van der Waals surface area contributed by atoms with Gasteiger partial charge in [0.25, 0.3) is 0 Å². The molecule has 4 rings (SSSR count). The summed E-state index contributed by atoms with van der Waals surface area (Å²) in [4.78, 5) is 12.4. The quantitative estimate of drug-likeness (QED) is 0.289. The van der Waals surface area contributed by atoms with Crippen molar-refractivity contribution in [3.63, 3.8) is 0 Å². The summed E-state index contributed by atoms with van der Waals surface area (Å²) in [5, 5.41) is 10.3. The average Bonchev–Trinajstić information content (AvgIpc) is 2.87. The number of hydrogen-bond donors (Lipinski definition) is 1. The summed E-state index contributed by atoms with van der Waals surface area (Å²) in [6.07, 6.45) is 2.86. The molecule has 1 heterocycles. The number of methoxy groups -OCH3 is 2. The van der Waals surface area contributed by atoms with E-state index in [9.17, 15) is 10.1 Å². The normalized spacial score (nSPS) is 14.6. The minimum atomic E-state index is -0.588. The molecule has 2 N–H and O–H groups in total. The van der Waals surface area contributed by atoms with Gasteiger partial charge in [0.2, 0.25) is 5.88 Å². The number of allylic oxidation sites excluding steroid dienone is 1. The summed E-state index contributed by atoms with van der Waals surface area (Å²) in [6.45, 7) is 0. The molecule has 1 aliphatic heterocycles. The Morgan fingerprint density at radius 2 is 1.80 bits per heavy atom. The van der Waals surface area contributed by atoms with Gasteiger partial charge in [0.15, 0.2) is 0 Å². The fraction of sp³-hybridized carbons (Fsp3) is 0.111. The van der Waals surface area contributed by atoms with E-state index in [2.05, 4.69) is 6.07 Å². The number of carbonyl (C=O) groups excluding carboxylic acids is 1. The molecule has 0 aliphatic carbocycles. The molecule has 1 atom stereocenters. The monoisotopic (exact) mass is 488 g/mol. The van der Waals surface area contributed by atoms with E-state index in [4.69, 9.17) is 36.3 Å². The molecule has 0 bridgehead atoms. The highest BCUT2D eigenvalue weighted by Gasteiger charge is 2.33. The number of esters is 1. The van der Waals surface area contributed by atoms with Crippen LogP contribution >= 0.6 is 11.6 Å². The Balaban J connectivity index is 1.65. The predicted molar refractivity (Wildman–Crippen MR) is 131 cm³/mol. The fourth-order valence-electron chi connectivity index (χ4n) is 3.79. The van der Waals surface area contributed by atoms with Crippen LogP contribution in [0.5, 0.6) is 23.0 Å². The number of fused-ring (bicyclic) bond motifs is 1. The van der Waals surface area contributed by atoms with E-state index < -0.39 is 11.9 Å². The molecule has 1 aliphatic rings. The van der Waals surface area contributed by atoms with E-state index in [-0.39, 0.29) is 17.2 Å². The second-order valence-corrected chi connectivity index (χ2v) is 7.92. The van der Waals surface area contributed by atoms with Crippen molar-refractivity contribution in [2.24, 2.45) is 5.73 Å². The molecule has 35 heavy (non-hydrogen) atoms. The van der Waals surface area contributed by atoms with Gasteiger partial charge in [-0.15, -0.1) is 0 Å². The second-order valence-electron chi connectivity index (χ2n) is 7.51. The molecule has 0 fully saturated rings. The number of nitrogens with two attached hydrogens (primary N) is 1. The fourth-order valence-corrected chi connectivity index (χ4v) is 3.99. The lowest BCUT2D eigenvalue weighted by Crippen LogP contribution is -2.21. The van der Waals surface area contributed by atoms with Crippen molar-refractivity contribution in [3.05, 3.63) is 99.9 Å². The Morgan fingerprint density at radius 3 is 2.51 bits per heavy atom. The van der Waals surface area contributed by atoms with Crippen LogP contribution in [0.25, 0.3) is 6.08 Å². The van der Waals surface area contributed by atoms with E-state index in [1.54, 1.807) is 61.7 Å². The van der Waals surface area contributed by atoms with Gasteiger partial charge >= 0.3 is 5.97 Å². The van der Waals surface area contributed by atoms with Gasteiger partial charge in [0, 0.05) is 34.4 Å². The van der Waals surface area contributed by atoms with E-state index in [0.29, 0.717) is 39.0 Å². The number of benzene rings is 3. The SMILES string of the molecule is COc1ccc(C2C(C#N)=C(N)Oc3cc(OC(=O)/C=C/c4ccccc4Cl)ccc32)c(OC)c1. The predicted octanol–water partition coefficient (Wildman–Crippen LogP) is 5.19. The summed E-state index contributed by atoms with van der Waals surface area (Å²) < 4.78 is 22.0. The van der Waals surface area contributed by atoms with E-state index >= 15 is 0 Å². The van der Waals surface area contributed by atoms with Crippen molar-refractivity contribution in [3.8, 4) is 29.1 Å². The molecule has 0 radical (unpaired) electrons. The minimum absolute atomic E-state index is 0.0371. The zero-order chi connectivity index (χ0) is 24.9. The third-order valence-corrected chi connectivity index (χ3v) is 5.81. The number of halogens is 1. The van der Waals surface area contributed by atoms with Gasteiger partial charge in [-0.3, -0.25) is 0 Å². The van der Waals surface area contributed by atoms with Gasteiger partial charge < -0.3 is 24.7 Å². The van der Waals surface area contributed by atoms with Crippen LogP contribution in [0, 0.1) is 11.3 Å². The van der Waals surface area contributed by atoms with Gasteiger partial charge in [-0.05, 0) is 29.8 Å². The second kappa shape index (κ2) is 10.2. The van der Waals surface area contributed by atoms with Gasteiger partial charge in [0.1, 0.15) is 34.6 Å². The highest BCUT2D eigenvalue weighted by molar-refractivity contribution is 6.32. The Bertz CT molecular complexity index is 1390. The smallest absolute Gasteiger partial charge is 0.336 e. The lowest BCUT2D eigenvalue weighted by atomic mass is 9.83. The van der Waals surface area contributed by atoms with Crippen molar-refractivity contribution in [1.82, 2.24) is 0 Å². The molecule has 0 saturated carbocycles. The number of hydrogen-bond acceptors (Lipinski definition) is 7. The first kappa shape index (κ1) is 23.7. The van der Waals surface area contributed by atoms with Crippen molar-refractivity contribution >= 4 is 23.6 Å². The third kappa shape index (κ3) is 4.93. The number of carbonyl (C=O) groups is 1. The van der Waals surface area contributed by atoms with Crippen molar-refractivity contribution in [2.75, 3.05) is 14.2 Å². The van der Waals surface area contributed by atoms with Gasteiger partial charge in [0.05, 0.1) is 20.1 Å². The summed E-state index contributed by atoms with van der Waals surface area (Å²) in [5.41, 5.74) is 8.42. The van der Waals surface area contributed by atoms with E-state index in [1.165, 1.54) is 13.2 Å². The average molecular weight is 489 g/mol. The Morgan fingerprint density at radius 1 is 1.06 bits per heavy atom. The minimum Gasteiger partial charge on any atom is -0.497 e. The van der Waals surface area contributed by atoms with Gasteiger partial charge in [-0.25, -0.2) is 4.79 Å². The van der Waals surface area contributed by atoms with Crippen LogP contribution in [0.3, 0.4) is 0 Å². The number of nitriles is 1. The van der Waals surface area contributed by atoms with Crippen LogP contribution in [-0.4, -0.2) is 20.2 Å². The number of nitrogens with zero attached hydrogens (tertiary/aromatic N) is 1. The third-order valence-electron chi connectivity index (χ3n) is 5.46. The van der Waals surface area contributed by atoms with Crippen molar-refractivity contribution in [2.45, 2.75) is 5.92 Å². The molecule has 0 amide bonds. The maximum Gasteiger partial charge on any atom is 0.336 e. The molecular formula is C27H21ClN2O5. The summed E-state index contributed by atoms with van der Waals surface area (Å²) >= 11 is 6.11. The van der Waals surface area contributed by atoms with Crippen LogP contribution in [0.1, 0.15) is 22.6 Å². The van der Waals surface area contributed by atoms with Crippen molar-refractivity contribution < 1.29 is 23.7 Å². The number of rotatable bonds is 6. The van der Waals surface area contributed by atoms with Gasteiger partial charge in [-0.1, -0.05) is 41.9 Å². The van der Waals surface area contributed by atoms with Crippen LogP contribution in [0.15, 0.2) is 78.2 Å². The molecule has 0 aromatic heterocycles. The molecule has 1 unspecified atom stereocenters. The molecule has 7 nitrogen and oxygen atoms in total. The summed E-state index contributed by atoms with van der Waals surface area (Å²) in [5.74, 6) is 0.592. The highest BCUT2D eigenvalue weighted by atomic mass is 35.5. The Kier molecular flexibility index (Phi) is 6.95. The molecule has 0 spiro atoms. The summed E-state index contributed by atoms with van der Waals surface area (Å²) in [6, 6.07) is 19.5. The lowest BCUT2D eigenvalue weighted by Gasteiger charge is -2.27. The molecule has 0 saturated heterocycles. The highest BCUT2D eigenvalue weighted by Crippen LogP contribution is 2.46. The Labute approximate surface area is 207 Å². The Hall–Kier alpha value is -4.41. The maximum absolute atomic E-state index is 12.4. The molecular weight excluding hydrogens is 468 g/mol. The standard InChI is InChI=1S/C27H21ClN2O5/c1-32-17-8-10-19(23(13-17)33-2)26-20-11-9-18(14-24(20)35-27(30)21(26)15-29)34-25(31)12-7-16-5-3-4-6-22(16)28/h3-14,26H,30H2,1-2H3/b12-7+. The molecule has 8 heteroatoms. The topological polar surface area (TPSA) is 104 Å². The van der Waals surface area contributed by atoms with E-state index in [1.807, 2.05) is 12.1 Å². The molecule has 3 aromatic carbocycles. The van der Waals surface area contributed by atoms with Crippen LogP contribution in [0.4, 0.5) is 0 Å².